The average molecular weight is 199 g/mol. The van der Waals surface area contributed by atoms with Gasteiger partial charge in [0.15, 0.2) is 0 Å². The van der Waals surface area contributed by atoms with Crippen LogP contribution in [0.1, 0.15) is 19.8 Å². The number of hydrogen-bond donors (Lipinski definition) is 2. The van der Waals surface area contributed by atoms with Crippen LogP contribution >= 0.6 is 0 Å². The van der Waals surface area contributed by atoms with Crippen LogP contribution in [0.15, 0.2) is 5.10 Å². The molecule has 5 nitrogen and oxygen atoms in total. The molecule has 1 heterocycles. The Morgan fingerprint density at radius 3 is 2.93 bits per heavy atom. The Labute approximate surface area is 85.7 Å². The first-order valence-electron chi connectivity index (χ1n) is 5.17. The first-order valence-corrected chi connectivity index (χ1v) is 5.17. The van der Waals surface area contributed by atoms with Gasteiger partial charge in [0.2, 0.25) is 5.96 Å². The Morgan fingerprint density at radius 1 is 1.64 bits per heavy atom. The zero-order valence-corrected chi connectivity index (χ0v) is 9.11. The van der Waals surface area contributed by atoms with Gasteiger partial charge in [-0.1, -0.05) is 6.92 Å². The Balaban J connectivity index is 2.43. The van der Waals surface area contributed by atoms with Crippen molar-refractivity contribution in [2.75, 3.05) is 26.7 Å². The van der Waals surface area contributed by atoms with E-state index in [2.05, 4.69) is 16.9 Å². The second kappa shape index (κ2) is 5.05. The van der Waals surface area contributed by atoms with Crippen molar-refractivity contribution >= 4 is 5.96 Å². The van der Waals surface area contributed by atoms with Crippen molar-refractivity contribution in [3.63, 3.8) is 0 Å². The summed E-state index contributed by atoms with van der Waals surface area (Å²) in [5.41, 5.74) is 5.61. The highest BCUT2D eigenvalue weighted by Crippen LogP contribution is 2.16. The topological polar surface area (TPSA) is 70.9 Å². The van der Waals surface area contributed by atoms with Crippen LogP contribution in [0.2, 0.25) is 0 Å². The minimum absolute atomic E-state index is 0.410. The van der Waals surface area contributed by atoms with Crippen LogP contribution < -0.4 is 11.6 Å². The predicted octanol–water partition coefficient (Wildman–Crippen LogP) is -0.409. The maximum atomic E-state index is 5.61. The molecule has 14 heavy (non-hydrogen) atoms. The number of rotatable bonds is 3. The molecule has 1 unspecified atom stereocenters. The van der Waals surface area contributed by atoms with Crippen LogP contribution in [0.4, 0.5) is 0 Å². The third-order valence-electron chi connectivity index (χ3n) is 2.91. The zero-order chi connectivity index (χ0) is 10.6. The van der Waals surface area contributed by atoms with Gasteiger partial charge in [0.25, 0.3) is 0 Å². The van der Waals surface area contributed by atoms with Gasteiger partial charge in [-0.2, -0.15) is 0 Å². The van der Waals surface area contributed by atoms with Gasteiger partial charge in [0.05, 0.1) is 0 Å². The summed E-state index contributed by atoms with van der Waals surface area (Å²) in [6.45, 7) is 5.42. The number of nitrogens with two attached hydrogens (primary N) is 2. The van der Waals surface area contributed by atoms with E-state index in [4.69, 9.17) is 11.6 Å². The molecule has 1 rings (SSSR count). The van der Waals surface area contributed by atoms with E-state index in [1.807, 2.05) is 11.9 Å². The van der Waals surface area contributed by atoms with E-state index in [0.29, 0.717) is 12.0 Å². The SMILES string of the molecule is CCN1CCCC1CN(C)C(N)=NN. The van der Waals surface area contributed by atoms with Crippen molar-refractivity contribution in [3.8, 4) is 0 Å². The highest BCUT2D eigenvalue weighted by molar-refractivity contribution is 5.77. The summed E-state index contributed by atoms with van der Waals surface area (Å²) in [6.07, 6.45) is 2.53. The molecule has 1 atom stereocenters. The van der Waals surface area contributed by atoms with Crippen molar-refractivity contribution < 1.29 is 0 Å². The zero-order valence-electron chi connectivity index (χ0n) is 9.11. The summed E-state index contributed by atoms with van der Waals surface area (Å²) < 4.78 is 0. The molecule has 1 aliphatic rings. The van der Waals surface area contributed by atoms with Crippen molar-refractivity contribution in [1.82, 2.24) is 9.80 Å². The average Bonchev–Trinajstić information content (AvgIpc) is 2.63. The smallest absolute Gasteiger partial charge is 0.213 e. The lowest BCUT2D eigenvalue weighted by Crippen LogP contribution is -2.44. The number of hydrazone groups is 1. The van der Waals surface area contributed by atoms with Crippen LogP contribution in [0.25, 0.3) is 0 Å². The van der Waals surface area contributed by atoms with Crippen LogP contribution in [0, 0.1) is 0 Å². The number of likely N-dealkylation sites (N-methyl/N-ethyl adjacent to an activating group) is 2. The van der Waals surface area contributed by atoms with E-state index in [1.54, 1.807) is 0 Å². The van der Waals surface area contributed by atoms with Crippen LogP contribution in [-0.2, 0) is 0 Å². The first-order chi connectivity index (χ1) is 6.69. The minimum Gasteiger partial charge on any atom is -0.368 e. The van der Waals surface area contributed by atoms with Gasteiger partial charge in [-0.15, -0.1) is 5.10 Å². The molecule has 4 N–H and O–H groups in total. The fourth-order valence-corrected chi connectivity index (χ4v) is 2.03. The van der Waals surface area contributed by atoms with Gasteiger partial charge in [-0.25, -0.2) is 0 Å². The molecular formula is C9H21N5. The molecule has 0 aromatic heterocycles. The fraction of sp³-hybridized carbons (Fsp3) is 0.889. The highest BCUT2D eigenvalue weighted by Gasteiger charge is 2.24. The van der Waals surface area contributed by atoms with Crippen molar-refractivity contribution in [2.45, 2.75) is 25.8 Å². The molecule has 0 spiro atoms. The van der Waals surface area contributed by atoms with Crippen LogP contribution in [0.3, 0.4) is 0 Å². The maximum Gasteiger partial charge on any atom is 0.213 e. The highest BCUT2D eigenvalue weighted by atomic mass is 15.3. The van der Waals surface area contributed by atoms with Crippen molar-refractivity contribution in [3.05, 3.63) is 0 Å². The summed E-state index contributed by atoms with van der Waals surface area (Å²) in [5, 5.41) is 3.48. The summed E-state index contributed by atoms with van der Waals surface area (Å²) in [4.78, 5) is 4.39. The van der Waals surface area contributed by atoms with E-state index in [0.717, 1.165) is 13.1 Å². The molecule has 5 heteroatoms. The Bertz CT molecular complexity index is 203. The number of hydrogen-bond acceptors (Lipinski definition) is 3. The standard InChI is InChI=1S/C9H21N5/c1-3-14-6-4-5-8(14)7-13(2)9(10)12-11/h8H,3-7,11H2,1-2H3,(H2,10,12). The minimum atomic E-state index is 0.410. The summed E-state index contributed by atoms with van der Waals surface area (Å²) in [7, 11) is 1.93. The Morgan fingerprint density at radius 2 is 2.36 bits per heavy atom. The van der Waals surface area contributed by atoms with Gasteiger partial charge in [-0.3, -0.25) is 4.90 Å². The number of nitrogens with zero attached hydrogens (tertiary/aromatic N) is 3. The van der Waals surface area contributed by atoms with Gasteiger partial charge in [-0.05, 0) is 25.9 Å². The Kier molecular flexibility index (Phi) is 4.00. The third-order valence-corrected chi connectivity index (χ3v) is 2.91. The molecule has 0 saturated carbocycles. The summed E-state index contributed by atoms with van der Waals surface area (Å²) in [5.74, 6) is 5.53. The summed E-state index contributed by atoms with van der Waals surface area (Å²) >= 11 is 0. The fourth-order valence-electron chi connectivity index (χ4n) is 2.03. The molecule has 1 aliphatic heterocycles. The molecule has 0 radical (unpaired) electrons. The normalized spacial score (nSPS) is 24.1. The molecule has 1 saturated heterocycles. The monoisotopic (exact) mass is 199 g/mol. The molecule has 0 aromatic rings. The molecule has 1 fully saturated rings. The van der Waals surface area contributed by atoms with E-state index in [1.165, 1.54) is 19.4 Å². The van der Waals surface area contributed by atoms with E-state index < -0.39 is 0 Å². The Hall–Kier alpha value is -0.970. The number of likely N-dealkylation sites (tertiary alicyclic amines) is 1. The maximum absolute atomic E-state index is 5.61. The van der Waals surface area contributed by atoms with Gasteiger partial charge < -0.3 is 16.5 Å². The molecule has 0 amide bonds. The second-order valence-electron chi connectivity index (χ2n) is 3.79. The second-order valence-corrected chi connectivity index (χ2v) is 3.79. The lowest BCUT2D eigenvalue weighted by molar-refractivity contribution is 0.234. The first kappa shape index (κ1) is 11.1. The molecule has 0 aromatic carbocycles. The van der Waals surface area contributed by atoms with E-state index in [-0.39, 0.29) is 0 Å². The largest absolute Gasteiger partial charge is 0.368 e. The predicted molar refractivity (Wildman–Crippen MR) is 58.7 cm³/mol. The van der Waals surface area contributed by atoms with Crippen LogP contribution in [0.5, 0.6) is 0 Å². The van der Waals surface area contributed by atoms with E-state index in [9.17, 15) is 0 Å². The lowest BCUT2D eigenvalue weighted by Gasteiger charge is -2.27. The molecule has 0 aliphatic carbocycles. The molecular weight excluding hydrogens is 178 g/mol. The number of guanidine groups is 1. The quantitative estimate of drug-likeness (QED) is 0.280. The van der Waals surface area contributed by atoms with Crippen LogP contribution in [-0.4, -0.2) is 48.5 Å². The molecule has 82 valence electrons. The van der Waals surface area contributed by atoms with Crippen molar-refractivity contribution in [1.29, 1.82) is 0 Å². The van der Waals surface area contributed by atoms with Gasteiger partial charge in [0, 0.05) is 19.6 Å². The summed E-state index contributed by atoms with van der Waals surface area (Å²) in [6, 6.07) is 0.602. The lowest BCUT2D eigenvalue weighted by atomic mass is 10.2. The van der Waals surface area contributed by atoms with Gasteiger partial charge >= 0.3 is 0 Å². The van der Waals surface area contributed by atoms with Crippen molar-refractivity contribution in [2.24, 2.45) is 16.7 Å². The molecule has 0 bridgehead atoms. The van der Waals surface area contributed by atoms with E-state index >= 15 is 0 Å². The van der Waals surface area contributed by atoms with Gasteiger partial charge in [0.1, 0.15) is 0 Å². The third kappa shape index (κ3) is 2.51.